The van der Waals surface area contributed by atoms with E-state index in [2.05, 4.69) is 113 Å². The normalized spacial score (nSPS) is 14.6. The Morgan fingerprint density at radius 1 is 0.306 bits per heavy atom. The predicted octanol–water partition coefficient (Wildman–Crippen LogP) is 21.8. The van der Waals surface area contributed by atoms with Crippen LogP contribution in [-0.4, -0.2) is 96.7 Å². The van der Waals surface area contributed by atoms with Crippen LogP contribution in [0.1, 0.15) is 310 Å². The van der Waals surface area contributed by atoms with Crippen LogP contribution < -0.4 is 0 Å². The van der Waals surface area contributed by atoms with Crippen molar-refractivity contribution in [3.63, 3.8) is 0 Å². The van der Waals surface area contributed by atoms with Gasteiger partial charge in [-0.25, -0.2) is 9.13 Å². The molecule has 0 amide bonds. The van der Waals surface area contributed by atoms with Crippen molar-refractivity contribution in [1.82, 2.24) is 0 Å². The van der Waals surface area contributed by atoms with E-state index in [1.54, 1.807) is 6.08 Å². The van der Waals surface area contributed by atoms with Crippen LogP contribution in [-0.2, 0) is 65.4 Å². The van der Waals surface area contributed by atoms with Crippen molar-refractivity contribution in [2.24, 2.45) is 0 Å². The maximum atomic E-state index is 13.1. The first-order chi connectivity index (χ1) is 47.7. The minimum absolute atomic E-state index is 0.0648. The Bertz CT molecular complexity index is 2290. The molecule has 0 aromatic heterocycles. The molecule has 0 aromatic carbocycles. The highest BCUT2D eigenvalue weighted by Gasteiger charge is 2.30. The van der Waals surface area contributed by atoms with E-state index in [4.69, 9.17) is 37.0 Å². The van der Waals surface area contributed by atoms with E-state index < -0.39 is 97.5 Å². The first-order valence-corrected chi connectivity index (χ1v) is 41.1. The fourth-order valence-corrected chi connectivity index (χ4v) is 11.5. The van der Waals surface area contributed by atoms with Crippen LogP contribution in [0.3, 0.4) is 0 Å². The van der Waals surface area contributed by atoms with Crippen molar-refractivity contribution in [2.75, 3.05) is 39.6 Å². The van der Waals surface area contributed by atoms with Gasteiger partial charge in [0.05, 0.1) is 32.8 Å². The first-order valence-electron chi connectivity index (χ1n) is 38.1. The van der Waals surface area contributed by atoms with Gasteiger partial charge >= 0.3 is 39.5 Å². The summed E-state index contributed by atoms with van der Waals surface area (Å²) in [7, 11) is -9.97. The summed E-state index contributed by atoms with van der Waals surface area (Å²) in [5.74, 6) is -2.34. The van der Waals surface area contributed by atoms with Crippen molar-refractivity contribution in [3.05, 3.63) is 109 Å². The van der Waals surface area contributed by atoms with E-state index in [1.165, 1.54) is 83.5 Å². The molecule has 0 aliphatic rings. The maximum absolute atomic E-state index is 13.1. The monoisotopic (exact) mass is 1420 g/mol. The first kappa shape index (κ1) is 93.7. The number of allylic oxidation sites excluding steroid dienone is 17. The van der Waals surface area contributed by atoms with Crippen molar-refractivity contribution in [3.8, 4) is 0 Å². The zero-order valence-electron chi connectivity index (χ0n) is 61.4. The molecule has 5 atom stereocenters. The lowest BCUT2D eigenvalue weighted by Crippen LogP contribution is -2.30. The number of rotatable bonds is 71. The van der Waals surface area contributed by atoms with Crippen molar-refractivity contribution in [1.29, 1.82) is 0 Å². The summed E-state index contributed by atoms with van der Waals surface area (Å²) in [4.78, 5) is 72.7. The second-order valence-corrected chi connectivity index (χ2v) is 28.1. The van der Waals surface area contributed by atoms with Gasteiger partial charge in [-0.2, -0.15) is 0 Å². The van der Waals surface area contributed by atoms with E-state index in [1.807, 2.05) is 18.2 Å². The third-order valence-corrected chi connectivity index (χ3v) is 17.7. The van der Waals surface area contributed by atoms with Gasteiger partial charge in [0.15, 0.2) is 12.2 Å². The molecular weight excluding hydrogens is 1280 g/mol. The van der Waals surface area contributed by atoms with Crippen LogP contribution in [0.15, 0.2) is 109 Å². The Hall–Kier alpha value is -4.28. The molecule has 0 radical (unpaired) electrons. The molecule has 3 N–H and O–H groups in total. The molecule has 98 heavy (non-hydrogen) atoms. The number of esters is 4. The average Bonchev–Trinajstić information content (AvgIpc) is 0.983. The largest absolute Gasteiger partial charge is 0.472 e. The van der Waals surface area contributed by atoms with Gasteiger partial charge in [-0.1, -0.05) is 278 Å². The molecule has 564 valence electrons. The Morgan fingerprint density at radius 2 is 0.571 bits per heavy atom. The number of phosphoric ester groups is 2. The molecule has 0 aliphatic carbocycles. The average molecular weight is 1420 g/mol. The van der Waals surface area contributed by atoms with Crippen LogP contribution in [0.5, 0.6) is 0 Å². The summed E-state index contributed by atoms with van der Waals surface area (Å²) >= 11 is 0. The summed E-state index contributed by atoms with van der Waals surface area (Å²) in [6.45, 7) is 4.58. The van der Waals surface area contributed by atoms with E-state index in [0.29, 0.717) is 25.7 Å². The second kappa shape index (κ2) is 71.1. The number of phosphoric acid groups is 2. The van der Waals surface area contributed by atoms with E-state index in [-0.39, 0.29) is 25.7 Å². The maximum Gasteiger partial charge on any atom is 0.472 e. The van der Waals surface area contributed by atoms with Crippen LogP contribution in [0.25, 0.3) is 0 Å². The fourth-order valence-electron chi connectivity index (χ4n) is 9.94. The molecule has 5 unspecified atom stereocenters. The van der Waals surface area contributed by atoms with Gasteiger partial charge < -0.3 is 33.8 Å². The van der Waals surface area contributed by atoms with Crippen LogP contribution >= 0.6 is 15.6 Å². The topological polar surface area (TPSA) is 237 Å². The second-order valence-electron chi connectivity index (χ2n) is 25.2. The molecule has 19 heteroatoms. The van der Waals surface area contributed by atoms with Crippen LogP contribution in [0, 0.1) is 0 Å². The molecule has 0 rings (SSSR count). The van der Waals surface area contributed by atoms with Crippen LogP contribution in [0.2, 0.25) is 0 Å². The molecule has 0 bridgehead atoms. The van der Waals surface area contributed by atoms with Crippen LogP contribution in [0.4, 0.5) is 0 Å². The van der Waals surface area contributed by atoms with Gasteiger partial charge in [0.25, 0.3) is 0 Å². The highest BCUT2D eigenvalue weighted by molar-refractivity contribution is 7.47. The number of unbranched alkanes of at least 4 members (excludes halogenated alkanes) is 28. The number of ether oxygens (including phenoxy) is 4. The Morgan fingerprint density at radius 3 is 0.949 bits per heavy atom. The molecule has 0 heterocycles. The van der Waals surface area contributed by atoms with Gasteiger partial charge in [0.2, 0.25) is 0 Å². The SMILES string of the molecule is CC/C=C\C/C=C\C/C=C\C/C=C\C/C=C\CC(=O)OCC(COP(=O)(O)OCC(O)COP(=O)(O)OCC(COC(=O)CCCCCCCC/C=C\C/C=C\C/C=C\CCCCC)OC(=O)CCCCCCCCCCCCC)OC(=O)CCCCCCC/C=C\CCCCCC. The number of hydrogen-bond donors (Lipinski definition) is 3. The number of carbonyl (C=O) groups excluding carboxylic acids is 4. The molecule has 0 aliphatic heterocycles. The molecule has 0 aromatic rings. The Labute approximate surface area is 594 Å². The lowest BCUT2D eigenvalue weighted by Gasteiger charge is -2.21. The lowest BCUT2D eigenvalue weighted by molar-refractivity contribution is -0.161. The van der Waals surface area contributed by atoms with Gasteiger partial charge in [-0.3, -0.25) is 37.3 Å². The van der Waals surface area contributed by atoms with Crippen molar-refractivity contribution in [2.45, 2.75) is 329 Å². The molecule has 0 fully saturated rings. The van der Waals surface area contributed by atoms with Gasteiger partial charge in [0.1, 0.15) is 19.3 Å². The van der Waals surface area contributed by atoms with Gasteiger partial charge in [-0.05, 0) is 116 Å². The summed E-state index contributed by atoms with van der Waals surface area (Å²) in [5, 5.41) is 10.6. The highest BCUT2D eigenvalue weighted by Crippen LogP contribution is 2.45. The summed E-state index contributed by atoms with van der Waals surface area (Å²) in [5.41, 5.74) is 0. The fraction of sp³-hybridized carbons (Fsp3) is 0.722. The van der Waals surface area contributed by atoms with Gasteiger partial charge in [0, 0.05) is 19.3 Å². The standard InChI is InChI=1S/C79H136O17P2/c1-5-9-13-17-21-25-29-32-34-35-36-37-39-42-45-48-52-56-60-64-77(82)89-69-74(95-78(83)65-61-57-53-49-43-28-24-20-16-12-8-4)71-93-97(85,86)91-67-73(80)68-92-98(87,88)94-72-75(96-79(84)66-62-58-54-50-46-40-31-27-23-19-15-11-7-3)70-90-76(81)63-59-55-51-47-44-41-38-33-30-26-22-18-14-10-6-2/h10,14,21-22,25-27,31-34,36-38,44,47,55,59,73-75,80H,5-9,11-13,15-20,23-24,28-30,35,39-43,45-46,48-54,56-58,60-72H2,1-4H3,(H,85,86)(H,87,88)/b14-10-,25-21-,26-22-,31-27-,34-32-,37-36-,38-33-,47-44-,59-55-. The number of aliphatic hydroxyl groups excluding tert-OH is 1. The summed E-state index contributed by atoms with van der Waals surface area (Å²) in [6, 6.07) is 0. The summed E-state index contributed by atoms with van der Waals surface area (Å²) in [6.07, 6.45) is 75.4. The third-order valence-electron chi connectivity index (χ3n) is 15.8. The minimum Gasteiger partial charge on any atom is -0.462 e. The van der Waals surface area contributed by atoms with E-state index in [9.17, 15) is 43.2 Å². The predicted molar refractivity (Wildman–Crippen MR) is 399 cm³/mol. The molecule has 0 spiro atoms. The zero-order valence-corrected chi connectivity index (χ0v) is 63.2. The lowest BCUT2D eigenvalue weighted by atomic mass is 10.1. The van der Waals surface area contributed by atoms with Crippen molar-refractivity contribution < 1.29 is 80.2 Å². The highest BCUT2D eigenvalue weighted by atomic mass is 31.2. The molecule has 0 saturated carbocycles. The third kappa shape index (κ3) is 70.2. The number of hydrogen-bond acceptors (Lipinski definition) is 15. The Balaban J connectivity index is 5.37. The zero-order chi connectivity index (χ0) is 71.8. The molecule has 17 nitrogen and oxygen atoms in total. The smallest absolute Gasteiger partial charge is 0.462 e. The minimum atomic E-state index is -4.99. The molecule has 0 saturated heterocycles. The number of carbonyl (C=O) groups is 4. The quantitative estimate of drug-likeness (QED) is 0.0169. The summed E-state index contributed by atoms with van der Waals surface area (Å²) < 4.78 is 68.3. The van der Waals surface area contributed by atoms with Crippen molar-refractivity contribution >= 4 is 39.5 Å². The number of aliphatic hydroxyl groups is 1. The Kier molecular flexibility index (Phi) is 68.0. The van der Waals surface area contributed by atoms with Gasteiger partial charge in [-0.15, -0.1) is 0 Å². The molecular formula is C79H136O17P2. The van der Waals surface area contributed by atoms with E-state index in [0.717, 1.165) is 148 Å². The van der Waals surface area contributed by atoms with E-state index >= 15 is 0 Å².